The first kappa shape index (κ1) is 16.8. The van der Waals surface area contributed by atoms with Gasteiger partial charge >= 0.3 is 0 Å². The molecule has 5 heteroatoms. The lowest BCUT2D eigenvalue weighted by atomic mass is 10.1. The van der Waals surface area contributed by atoms with E-state index in [4.69, 9.17) is 13.9 Å². The van der Waals surface area contributed by atoms with Crippen molar-refractivity contribution in [2.75, 3.05) is 19.8 Å². The second-order valence-electron chi connectivity index (χ2n) is 5.92. The first-order chi connectivity index (χ1) is 10.5. The van der Waals surface area contributed by atoms with Gasteiger partial charge in [0.05, 0.1) is 24.8 Å². The molecule has 0 radical (unpaired) electrons. The van der Waals surface area contributed by atoms with E-state index in [1.807, 2.05) is 26.8 Å². The van der Waals surface area contributed by atoms with Crippen molar-refractivity contribution in [2.24, 2.45) is 0 Å². The molecule has 1 fully saturated rings. The summed E-state index contributed by atoms with van der Waals surface area (Å²) in [5.41, 5.74) is 1.80. The maximum Gasteiger partial charge on any atom is 0.255 e. The first-order valence-electron chi connectivity index (χ1n) is 7.68. The Kier molecular flexibility index (Phi) is 5.80. The number of nitrogens with one attached hydrogen (secondary N) is 1. The second-order valence-corrected chi connectivity index (χ2v) is 5.92. The largest absolute Gasteiger partial charge is 0.466 e. The van der Waals surface area contributed by atoms with Crippen molar-refractivity contribution in [1.82, 2.24) is 5.32 Å². The summed E-state index contributed by atoms with van der Waals surface area (Å²) in [4.78, 5) is 12.4. The number of hydrogen-bond donors (Lipinski definition) is 1. The fraction of sp³-hybridized carbons (Fsp3) is 0.588. The Morgan fingerprint density at radius 1 is 1.45 bits per heavy atom. The highest BCUT2D eigenvalue weighted by atomic mass is 16.5. The molecule has 22 heavy (non-hydrogen) atoms. The van der Waals surface area contributed by atoms with Crippen molar-refractivity contribution < 1.29 is 18.7 Å². The minimum atomic E-state index is -0.124. The highest BCUT2D eigenvalue weighted by Crippen LogP contribution is 2.16. The summed E-state index contributed by atoms with van der Waals surface area (Å²) in [6.45, 7) is 9.38. The van der Waals surface area contributed by atoms with Crippen LogP contribution < -0.4 is 5.32 Å². The van der Waals surface area contributed by atoms with Crippen LogP contribution in [-0.4, -0.2) is 37.9 Å². The van der Waals surface area contributed by atoms with E-state index in [-0.39, 0.29) is 18.1 Å². The predicted molar refractivity (Wildman–Crippen MR) is 84.0 cm³/mol. The van der Waals surface area contributed by atoms with Gasteiger partial charge in [0.1, 0.15) is 17.6 Å². The third-order valence-electron chi connectivity index (χ3n) is 3.71. The van der Waals surface area contributed by atoms with Crippen LogP contribution in [0.5, 0.6) is 0 Å². The summed E-state index contributed by atoms with van der Waals surface area (Å²) < 4.78 is 16.7. The third-order valence-corrected chi connectivity index (χ3v) is 3.71. The summed E-state index contributed by atoms with van der Waals surface area (Å²) in [6, 6.07) is 1.73. The lowest BCUT2D eigenvalue weighted by Gasteiger charge is -2.31. The predicted octanol–water partition coefficient (Wildman–Crippen LogP) is 2.77. The van der Waals surface area contributed by atoms with E-state index < -0.39 is 0 Å². The highest BCUT2D eigenvalue weighted by molar-refractivity contribution is 5.95. The SMILES string of the molecule is CC(C)=CCO[C@@H]1COCC[C@H]1NC(=O)c1cc(C)oc1C. The zero-order valence-corrected chi connectivity index (χ0v) is 13.8. The number of rotatable bonds is 5. The van der Waals surface area contributed by atoms with Crippen LogP contribution in [0.1, 0.15) is 42.1 Å². The Morgan fingerprint density at radius 2 is 2.23 bits per heavy atom. The van der Waals surface area contributed by atoms with E-state index >= 15 is 0 Å². The van der Waals surface area contributed by atoms with Gasteiger partial charge in [-0.3, -0.25) is 4.79 Å². The van der Waals surface area contributed by atoms with Crippen molar-refractivity contribution in [2.45, 2.75) is 46.3 Å². The van der Waals surface area contributed by atoms with Crippen molar-refractivity contribution in [3.63, 3.8) is 0 Å². The maximum atomic E-state index is 12.4. The van der Waals surface area contributed by atoms with Crippen molar-refractivity contribution in [1.29, 1.82) is 0 Å². The molecule has 0 saturated carbocycles. The summed E-state index contributed by atoms with van der Waals surface area (Å²) in [7, 11) is 0. The zero-order valence-electron chi connectivity index (χ0n) is 13.8. The molecule has 0 aliphatic carbocycles. The first-order valence-corrected chi connectivity index (χ1v) is 7.68. The minimum absolute atomic E-state index is 0.0404. The van der Waals surface area contributed by atoms with Gasteiger partial charge in [-0.15, -0.1) is 0 Å². The average molecular weight is 307 g/mol. The number of carbonyl (C=O) groups excluding carboxylic acids is 1. The Balaban J connectivity index is 1.97. The fourth-order valence-electron chi connectivity index (χ4n) is 2.48. The topological polar surface area (TPSA) is 60.7 Å². The third kappa shape index (κ3) is 4.45. The van der Waals surface area contributed by atoms with E-state index in [2.05, 4.69) is 5.32 Å². The van der Waals surface area contributed by atoms with Crippen LogP contribution in [0.25, 0.3) is 0 Å². The number of ether oxygens (including phenoxy) is 2. The molecule has 2 heterocycles. The van der Waals surface area contributed by atoms with Crippen molar-refractivity contribution in [3.8, 4) is 0 Å². The van der Waals surface area contributed by atoms with Gasteiger partial charge < -0.3 is 19.2 Å². The van der Waals surface area contributed by atoms with Crippen LogP contribution in [0.3, 0.4) is 0 Å². The Hall–Kier alpha value is -1.59. The molecule has 5 nitrogen and oxygen atoms in total. The molecule has 1 saturated heterocycles. The zero-order chi connectivity index (χ0) is 16.1. The number of hydrogen-bond acceptors (Lipinski definition) is 4. The van der Waals surface area contributed by atoms with Crippen molar-refractivity contribution >= 4 is 5.91 Å². The molecule has 2 rings (SSSR count). The minimum Gasteiger partial charge on any atom is -0.466 e. The molecular formula is C17H25NO4. The highest BCUT2D eigenvalue weighted by Gasteiger charge is 2.28. The quantitative estimate of drug-likeness (QED) is 0.850. The number of furan rings is 1. The number of aryl methyl sites for hydroxylation is 2. The van der Waals surface area contributed by atoms with Gasteiger partial charge in [-0.05, 0) is 40.2 Å². The van der Waals surface area contributed by atoms with Crippen LogP contribution in [0.2, 0.25) is 0 Å². The molecule has 1 amide bonds. The van der Waals surface area contributed by atoms with Crippen LogP contribution in [-0.2, 0) is 9.47 Å². The standard InChI is InChI=1S/C17H25NO4/c1-11(2)5-8-21-16-10-20-7-6-15(16)18-17(19)14-9-12(3)22-13(14)4/h5,9,15-16H,6-8,10H2,1-4H3,(H,18,19)/t15-,16-/m1/s1. The van der Waals surface area contributed by atoms with Gasteiger partial charge in [-0.2, -0.15) is 0 Å². The number of carbonyl (C=O) groups is 1. The van der Waals surface area contributed by atoms with Crippen LogP contribution >= 0.6 is 0 Å². The molecule has 0 spiro atoms. The summed E-state index contributed by atoms with van der Waals surface area (Å²) in [6.07, 6.45) is 2.65. The Labute approximate surface area is 131 Å². The van der Waals surface area contributed by atoms with Crippen LogP contribution in [0.15, 0.2) is 22.1 Å². The van der Waals surface area contributed by atoms with Crippen LogP contribution in [0.4, 0.5) is 0 Å². The van der Waals surface area contributed by atoms with Gasteiger partial charge in [0, 0.05) is 6.61 Å². The Morgan fingerprint density at radius 3 is 2.86 bits per heavy atom. The lowest BCUT2D eigenvalue weighted by molar-refractivity contribution is -0.0589. The molecule has 0 unspecified atom stereocenters. The monoisotopic (exact) mass is 307 g/mol. The van der Waals surface area contributed by atoms with Gasteiger partial charge in [-0.1, -0.05) is 11.6 Å². The molecule has 1 aliphatic heterocycles. The van der Waals surface area contributed by atoms with E-state index in [1.165, 1.54) is 5.57 Å². The van der Waals surface area contributed by atoms with E-state index in [1.54, 1.807) is 13.0 Å². The summed E-state index contributed by atoms with van der Waals surface area (Å²) in [5.74, 6) is 1.27. The molecule has 0 aromatic carbocycles. The van der Waals surface area contributed by atoms with E-state index in [0.717, 1.165) is 12.2 Å². The van der Waals surface area contributed by atoms with E-state index in [9.17, 15) is 4.79 Å². The normalized spacial score (nSPS) is 21.5. The van der Waals surface area contributed by atoms with Gasteiger partial charge in [0.25, 0.3) is 5.91 Å². The number of amides is 1. The Bertz CT molecular complexity index is 543. The molecule has 2 atom stereocenters. The van der Waals surface area contributed by atoms with Gasteiger partial charge in [0.2, 0.25) is 0 Å². The molecular weight excluding hydrogens is 282 g/mol. The fourth-order valence-corrected chi connectivity index (χ4v) is 2.48. The second kappa shape index (κ2) is 7.61. The molecule has 1 aliphatic rings. The number of allylic oxidation sites excluding steroid dienone is 1. The maximum absolute atomic E-state index is 12.4. The molecule has 1 aromatic rings. The van der Waals surface area contributed by atoms with E-state index in [0.29, 0.717) is 31.1 Å². The van der Waals surface area contributed by atoms with Crippen LogP contribution in [0, 0.1) is 13.8 Å². The molecule has 1 N–H and O–H groups in total. The van der Waals surface area contributed by atoms with Gasteiger partial charge in [0.15, 0.2) is 0 Å². The van der Waals surface area contributed by atoms with Crippen molar-refractivity contribution in [3.05, 3.63) is 34.8 Å². The van der Waals surface area contributed by atoms with Gasteiger partial charge in [-0.25, -0.2) is 0 Å². The molecule has 1 aromatic heterocycles. The molecule has 0 bridgehead atoms. The summed E-state index contributed by atoms with van der Waals surface area (Å²) in [5, 5.41) is 3.05. The lowest BCUT2D eigenvalue weighted by Crippen LogP contribution is -2.50. The summed E-state index contributed by atoms with van der Waals surface area (Å²) >= 11 is 0. The smallest absolute Gasteiger partial charge is 0.255 e. The molecule has 122 valence electrons. The average Bonchev–Trinajstić information content (AvgIpc) is 2.79.